The molecule has 28 rings (SSSR count). The number of hydrogen-bond donors (Lipinski definition) is 0. The molecule has 8 nitrogen and oxygen atoms in total. The van der Waals surface area contributed by atoms with Gasteiger partial charge in [0, 0.05) is 154 Å². The van der Waals surface area contributed by atoms with E-state index in [0.29, 0.717) is 23.7 Å². The number of aromatic nitrogens is 8. The zero-order valence-corrected chi connectivity index (χ0v) is 71.0. The molecule has 16 aliphatic rings. The molecule has 16 fully saturated rings. The molecule has 4 aromatic heterocycles. The molecule has 4 heterocycles. The molecule has 560 valence electrons. The monoisotopic (exact) mass is 2130 g/mol. The van der Waals surface area contributed by atoms with Gasteiger partial charge in [-0.1, -0.05) is 131 Å². The summed E-state index contributed by atoms with van der Waals surface area (Å²) in [5, 5.41) is 5.05. The van der Waals surface area contributed by atoms with E-state index in [2.05, 4.69) is 231 Å². The Morgan fingerprint density at radius 3 is 1.04 bits per heavy atom. The van der Waals surface area contributed by atoms with E-state index in [1.807, 2.05) is 30.9 Å². The number of benzene rings is 8. The minimum Gasteiger partial charge on any atom is -0.367 e. The minimum atomic E-state index is 0. The maximum Gasteiger partial charge on any atom is 0.0562 e. The largest absolute Gasteiger partial charge is 0.367 e. The second-order valence-electron chi connectivity index (χ2n) is 35.2. The second-order valence-corrected chi connectivity index (χ2v) is 35.2. The molecule has 0 saturated heterocycles. The third kappa shape index (κ3) is 14.1. The van der Waals surface area contributed by atoms with Gasteiger partial charge >= 0.3 is 0 Å². The summed E-state index contributed by atoms with van der Waals surface area (Å²) in [6.07, 6.45) is 47.1. The number of hydrogen-bond acceptors (Lipinski definition) is 4. The van der Waals surface area contributed by atoms with Crippen LogP contribution >= 0.6 is 0 Å². The molecule has 0 amide bonds. The third-order valence-corrected chi connectivity index (χ3v) is 28.8. The summed E-state index contributed by atoms with van der Waals surface area (Å²) in [6, 6.07) is 75.8. The van der Waals surface area contributed by atoms with Gasteiger partial charge in [0.15, 0.2) is 0 Å². The Balaban J connectivity index is 0.000000104. The Kier molecular flexibility index (Phi) is 21.6. The Morgan fingerprint density at radius 2 is 0.620 bits per heavy atom. The summed E-state index contributed by atoms with van der Waals surface area (Å²) in [4.78, 5) is 19.1. The standard InChI is InChI=1S/2C25H25N2.2C23H23N2.4Ir/c1-2-5-19(6-3-1)20-7-4-8-21(16-20)25-26-9-10-27(25)24-22-12-17-11-18(14-22)15-23(24)13-17;1-2-4-19(5-3-1)20-6-8-21(9-7-20)25-26-10-11-27(25)24-22-13-17-12-18(15-22)16-23(24)14-17;1-2-4-20-12-21(6-5-19(20)3-1)22-24-7-8-25(22)23-13-16-9-17(14-23)11-18(10-16)15-23;1-2-4-18-14-19(6-5-17(18)3-1)23-24-7-8-25(23)22-20-10-15-9-16(12-20)13-21(22)11-15;;;;/h1-7,9-10,16-18,22-24H,11-15H2;1-8,10-11,17-18,22-24H,12-16H2;1-5,7-8,12,16-18H,9-11,13-15H2;1-5,7-8,14-16,20-22H,9-13H2;;;;/q4*-1;;;;. The quantitative estimate of drug-likeness (QED) is 0.128. The normalized spacial score (nSPS) is 31.0. The number of nitrogens with zero attached hydrogens (tertiary/aromatic N) is 8. The van der Waals surface area contributed by atoms with Gasteiger partial charge in [-0.05, 0) is 229 Å². The smallest absolute Gasteiger partial charge is 0.0562 e. The molecular weight excluding hydrogens is 2030 g/mol. The van der Waals surface area contributed by atoms with Gasteiger partial charge in [-0.3, -0.25) is 19.9 Å². The summed E-state index contributed by atoms with van der Waals surface area (Å²) in [5.74, 6) is 18.5. The second kappa shape index (κ2) is 31.4. The number of fused-ring (bicyclic) bond motifs is 2. The molecule has 8 aromatic carbocycles. The molecule has 0 unspecified atom stereocenters. The van der Waals surface area contributed by atoms with Gasteiger partial charge in [-0.2, -0.15) is 0 Å². The molecule has 108 heavy (non-hydrogen) atoms. The van der Waals surface area contributed by atoms with Crippen LogP contribution in [0.25, 0.3) is 89.4 Å². The maximum atomic E-state index is 4.79. The molecule has 4 radical (unpaired) electrons. The minimum absolute atomic E-state index is 0. The van der Waals surface area contributed by atoms with Gasteiger partial charge in [-0.25, -0.2) is 0 Å². The topological polar surface area (TPSA) is 71.3 Å². The van der Waals surface area contributed by atoms with Crippen LogP contribution in [0.15, 0.2) is 219 Å². The predicted octanol–water partition coefficient (Wildman–Crippen LogP) is 22.9. The van der Waals surface area contributed by atoms with Gasteiger partial charge in [0.25, 0.3) is 0 Å². The Bertz CT molecular complexity index is 4950. The molecule has 12 heteroatoms. The van der Waals surface area contributed by atoms with Crippen molar-refractivity contribution in [2.45, 2.75) is 159 Å². The van der Waals surface area contributed by atoms with E-state index in [0.717, 1.165) is 134 Å². The van der Waals surface area contributed by atoms with E-state index in [-0.39, 0.29) is 80.4 Å². The fourth-order valence-corrected chi connectivity index (χ4v) is 25.9. The van der Waals surface area contributed by atoms with Crippen LogP contribution in [0, 0.1) is 113 Å². The van der Waals surface area contributed by atoms with Crippen LogP contribution in [0.4, 0.5) is 0 Å². The fraction of sp³-hybridized carbons (Fsp3) is 0.417. The van der Waals surface area contributed by atoms with Crippen molar-refractivity contribution in [3.05, 3.63) is 244 Å². The van der Waals surface area contributed by atoms with Gasteiger partial charge < -0.3 is 18.3 Å². The summed E-state index contributed by atoms with van der Waals surface area (Å²) >= 11 is 0. The maximum absolute atomic E-state index is 4.79. The van der Waals surface area contributed by atoms with Gasteiger partial charge in [0.05, 0.1) is 23.3 Å². The van der Waals surface area contributed by atoms with Crippen LogP contribution in [0.5, 0.6) is 0 Å². The van der Waals surface area contributed by atoms with Gasteiger partial charge in [0.2, 0.25) is 0 Å². The predicted molar refractivity (Wildman–Crippen MR) is 416 cm³/mol. The summed E-state index contributed by atoms with van der Waals surface area (Å²) < 4.78 is 10.1. The first kappa shape index (κ1) is 74.5. The number of imidazole rings is 4. The molecular formula is C96H96Ir4N8-4. The van der Waals surface area contributed by atoms with E-state index in [1.54, 1.807) is 0 Å². The van der Waals surface area contributed by atoms with E-state index in [1.165, 1.54) is 179 Å². The molecule has 0 spiro atoms. The Labute approximate surface area is 692 Å². The summed E-state index contributed by atoms with van der Waals surface area (Å²) in [7, 11) is 0. The van der Waals surface area contributed by atoms with E-state index < -0.39 is 0 Å². The first-order valence-electron chi connectivity index (χ1n) is 40.4. The molecule has 16 bridgehead atoms. The molecule has 12 aromatic rings. The Hall–Kier alpha value is -6.28. The molecule has 0 N–H and O–H groups in total. The van der Waals surface area contributed by atoms with Crippen molar-refractivity contribution >= 4 is 21.5 Å². The molecule has 16 saturated carbocycles. The van der Waals surface area contributed by atoms with Crippen LogP contribution in [-0.2, 0) is 86.0 Å². The Morgan fingerprint density at radius 1 is 0.278 bits per heavy atom. The van der Waals surface area contributed by atoms with Gasteiger partial charge in [0.1, 0.15) is 0 Å². The first-order chi connectivity index (χ1) is 51.3. The van der Waals surface area contributed by atoms with Crippen molar-refractivity contribution in [3.8, 4) is 67.8 Å². The first-order valence-corrected chi connectivity index (χ1v) is 40.4. The van der Waals surface area contributed by atoms with Crippen LogP contribution in [0.3, 0.4) is 0 Å². The molecule has 16 aliphatic carbocycles. The fourth-order valence-electron chi connectivity index (χ4n) is 25.9. The van der Waals surface area contributed by atoms with Crippen LogP contribution in [-0.4, -0.2) is 38.2 Å². The zero-order valence-electron chi connectivity index (χ0n) is 61.4. The SMILES string of the molecule is [Ir].[Ir].[Ir].[Ir].[c-]1cc(-c2ccccc2)ccc1-c1nccn1C1C2CC3CC(C2)CC1C3.[c-]1cc2ccccc2cc1-c1nccn1C12CC3CC(CC(C3)C1)C2.[c-]1cc2ccccc2cc1-c1nccn1C1C2CC3CC(C2)CC1C3.[c-]1ccc(-c2ccccc2)cc1-c1nccn1C1C2CC3CC(C2)CC1C3. The molecule has 0 aliphatic heterocycles. The van der Waals surface area contributed by atoms with Gasteiger partial charge in [-0.15, -0.1) is 124 Å². The average Bonchev–Trinajstić information content (AvgIpc) is 1.25. The van der Waals surface area contributed by atoms with Crippen molar-refractivity contribution in [1.29, 1.82) is 0 Å². The van der Waals surface area contributed by atoms with E-state index in [9.17, 15) is 0 Å². The summed E-state index contributed by atoms with van der Waals surface area (Å²) in [5.41, 5.74) is 9.78. The van der Waals surface area contributed by atoms with Crippen molar-refractivity contribution in [2.75, 3.05) is 0 Å². The summed E-state index contributed by atoms with van der Waals surface area (Å²) in [6.45, 7) is 0. The van der Waals surface area contributed by atoms with Crippen molar-refractivity contribution in [3.63, 3.8) is 0 Å². The van der Waals surface area contributed by atoms with Crippen molar-refractivity contribution in [2.24, 2.45) is 88.8 Å². The molecule has 0 atom stereocenters. The van der Waals surface area contributed by atoms with Crippen LogP contribution in [0.1, 0.15) is 153 Å². The van der Waals surface area contributed by atoms with Crippen LogP contribution in [0.2, 0.25) is 0 Å². The van der Waals surface area contributed by atoms with Crippen molar-refractivity contribution < 1.29 is 80.4 Å². The number of rotatable bonds is 10. The van der Waals surface area contributed by atoms with E-state index >= 15 is 0 Å². The average molecular weight is 2130 g/mol. The van der Waals surface area contributed by atoms with Crippen molar-refractivity contribution in [1.82, 2.24) is 38.2 Å². The zero-order chi connectivity index (χ0) is 68.4. The third-order valence-electron chi connectivity index (χ3n) is 28.8. The van der Waals surface area contributed by atoms with Crippen LogP contribution < -0.4 is 0 Å². The van der Waals surface area contributed by atoms with E-state index in [4.69, 9.17) is 19.9 Å².